The highest BCUT2D eigenvalue weighted by atomic mass is 16.1. The maximum Gasteiger partial charge on any atom is 0.220 e. The van der Waals surface area contributed by atoms with Crippen LogP contribution in [0.4, 0.5) is 0 Å². The largest absolute Gasteiger partial charge is 0.349 e. The van der Waals surface area contributed by atoms with Gasteiger partial charge in [-0.3, -0.25) is 4.79 Å². The van der Waals surface area contributed by atoms with Crippen molar-refractivity contribution in [2.24, 2.45) is 0 Å². The Kier molecular flexibility index (Phi) is 2.46. The third kappa shape index (κ3) is 1.76. The summed E-state index contributed by atoms with van der Waals surface area (Å²) < 4.78 is 0. The summed E-state index contributed by atoms with van der Waals surface area (Å²) in [5.41, 5.74) is 0. The van der Waals surface area contributed by atoms with Gasteiger partial charge in [0.05, 0.1) is 7.05 Å². The quantitative estimate of drug-likeness (QED) is 0.452. The van der Waals surface area contributed by atoms with E-state index in [0.29, 0.717) is 6.42 Å². The van der Waals surface area contributed by atoms with Crippen molar-refractivity contribution in [2.75, 3.05) is 0 Å². The Morgan fingerprint density at radius 1 is 2.00 bits per heavy atom. The zero-order chi connectivity index (χ0) is 4.99. The van der Waals surface area contributed by atoms with Crippen molar-refractivity contribution in [1.82, 2.24) is 5.32 Å². The van der Waals surface area contributed by atoms with Gasteiger partial charge < -0.3 is 5.32 Å². The molecule has 0 bridgehead atoms. The summed E-state index contributed by atoms with van der Waals surface area (Å²) in [4.78, 5) is 9.94. The monoisotopic (exact) mass is 85.1 g/mol. The number of hydrogen-bond donors (Lipinski definition) is 1. The van der Waals surface area contributed by atoms with Gasteiger partial charge >= 0.3 is 0 Å². The SMILES string of the molecule is [CH]NC(=O)CC. The van der Waals surface area contributed by atoms with Crippen molar-refractivity contribution < 1.29 is 4.79 Å². The first-order valence-corrected chi connectivity index (χ1v) is 1.80. The van der Waals surface area contributed by atoms with Gasteiger partial charge in [0.1, 0.15) is 0 Å². The maximum absolute atomic E-state index is 9.94. The van der Waals surface area contributed by atoms with Crippen LogP contribution in [0.25, 0.3) is 0 Å². The second kappa shape index (κ2) is 2.69. The van der Waals surface area contributed by atoms with E-state index in [1.807, 2.05) is 5.32 Å². The minimum absolute atomic E-state index is 0.130. The van der Waals surface area contributed by atoms with Crippen LogP contribution in [-0.4, -0.2) is 5.91 Å². The van der Waals surface area contributed by atoms with Gasteiger partial charge in [-0.05, 0) is 0 Å². The summed E-state index contributed by atoms with van der Waals surface area (Å²) in [6.07, 6.45) is 0.455. The Balaban J connectivity index is 2.99. The number of carbonyl (C=O) groups is 1. The Morgan fingerprint density at radius 3 is 2.50 bits per heavy atom. The fourth-order valence-electron chi connectivity index (χ4n) is 0.102. The number of amides is 1. The van der Waals surface area contributed by atoms with E-state index in [-0.39, 0.29) is 5.91 Å². The molecule has 34 valence electrons. The third-order valence-corrected chi connectivity index (χ3v) is 0.482. The topological polar surface area (TPSA) is 29.1 Å². The molecular weight excluding hydrogens is 78.0 g/mol. The molecule has 0 fully saturated rings. The van der Waals surface area contributed by atoms with Crippen LogP contribution in [0, 0.1) is 7.05 Å². The number of rotatable bonds is 1. The molecule has 0 saturated carbocycles. The minimum Gasteiger partial charge on any atom is -0.349 e. The van der Waals surface area contributed by atoms with Crippen LogP contribution in [0.3, 0.4) is 0 Å². The molecule has 6 heavy (non-hydrogen) atoms. The Hall–Kier alpha value is -0.530. The van der Waals surface area contributed by atoms with Gasteiger partial charge in [-0.2, -0.15) is 0 Å². The van der Waals surface area contributed by atoms with Crippen LogP contribution in [-0.2, 0) is 4.79 Å². The summed E-state index contributed by atoms with van der Waals surface area (Å²) in [5.74, 6) is -0.130. The smallest absolute Gasteiger partial charge is 0.220 e. The van der Waals surface area contributed by atoms with Crippen LogP contribution in [0.15, 0.2) is 0 Å². The van der Waals surface area contributed by atoms with Crippen molar-refractivity contribution in [2.45, 2.75) is 13.3 Å². The molecule has 0 atom stereocenters. The summed E-state index contributed by atoms with van der Waals surface area (Å²) in [7, 11) is 4.68. The van der Waals surface area contributed by atoms with E-state index in [1.165, 1.54) is 0 Å². The van der Waals surface area contributed by atoms with E-state index in [9.17, 15) is 4.79 Å². The lowest BCUT2D eigenvalue weighted by Crippen LogP contribution is -2.12. The summed E-state index contributed by atoms with van der Waals surface area (Å²) in [6.45, 7) is 1.74. The maximum atomic E-state index is 9.94. The molecule has 2 heteroatoms. The first-order chi connectivity index (χ1) is 2.81. The third-order valence-electron chi connectivity index (χ3n) is 0.482. The van der Waals surface area contributed by atoms with Gasteiger partial charge in [0, 0.05) is 6.42 Å². The summed E-state index contributed by atoms with van der Waals surface area (Å²) in [6, 6.07) is 0. The van der Waals surface area contributed by atoms with Gasteiger partial charge in [-0.1, -0.05) is 6.92 Å². The molecule has 0 unspecified atom stereocenters. The van der Waals surface area contributed by atoms with E-state index in [0.717, 1.165) is 0 Å². The second-order valence-electron chi connectivity index (χ2n) is 0.921. The molecule has 0 spiro atoms. The highest BCUT2D eigenvalue weighted by molar-refractivity contribution is 5.75. The molecule has 0 aromatic carbocycles. The standard InChI is InChI=1S/C4H7NO/c1-3-4(6)5-2/h2H,3H2,1H3,(H,5,6). The predicted molar refractivity (Wildman–Crippen MR) is 22.7 cm³/mol. The van der Waals surface area contributed by atoms with Crippen molar-refractivity contribution in [3.63, 3.8) is 0 Å². The average Bonchev–Trinajstić information content (AvgIpc) is 1.65. The number of hydrogen-bond acceptors (Lipinski definition) is 1. The molecule has 0 heterocycles. The molecule has 1 N–H and O–H groups in total. The van der Waals surface area contributed by atoms with Gasteiger partial charge in [0.25, 0.3) is 0 Å². The summed E-state index contributed by atoms with van der Waals surface area (Å²) in [5, 5.41) is 1.98. The predicted octanol–water partition coefficient (Wildman–Crippen LogP) is 0.181. The Labute approximate surface area is 37.5 Å². The fourth-order valence-corrected chi connectivity index (χ4v) is 0.102. The van der Waals surface area contributed by atoms with Gasteiger partial charge in [0.2, 0.25) is 5.91 Å². The van der Waals surface area contributed by atoms with Gasteiger partial charge in [-0.15, -0.1) is 0 Å². The van der Waals surface area contributed by atoms with Crippen molar-refractivity contribution in [1.29, 1.82) is 0 Å². The molecule has 0 saturated heterocycles. The van der Waals surface area contributed by atoms with Crippen LogP contribution < -0.4 is 5.32 Å². The lowest BCUT2D eigenvalue weighted by atomic mass is 10.5. The van der Waals surface area contributed by atoms with E-state index >= 15 is 0 Å². The van der Waals surface area contributed by atoms with Gasteiger partial charge in [0.15, 0.2) is 0 Å². The molecule has 2 radical (unpaired) electrons. The molecule has 0 aliphatic carbocycles. The van der Waals surface area contributed by atoms with Crippen LogP contribution in [0.5, 0.6) is 0 Å². The van der Waals surface area contributed by atoms with E-state index in [4.69, 9.17) is 0 Å². The summed E-state index contributed by atoms with van der Waals surface area (Å²) >= 11 is 0. The highest BCUT2D eigenvalue weighted by Crippen LogP contribution is 1.69. The Morgan fingerprint density at radius 2 is 2.50 bits per heavy atom. The number of nitrogens with one attached hydrogen (secondary N) is 1. The molecule has 2 nitrogen and oxygen atoms in total. The molecule has 0 aliphatic rings. The zero-order valence-corrected chi connectivity index (χ0v) is 3.69. The number of carbonyl (C=O) groups excluding carboxylic acids is 1. The van der Waals surface area contributed by atoms with Crippen LogP contribution >= 0.6 is 0 Å². The molecule has 1 amide bonds. The minimum atomic E-state index is -0.130. The lowest BCUT2D eigenvalue weighted by Gasteiger charge is -1.86. The normalized spacial score (nSPS) is 7.67. The zero-order valence-electron chi connectivity index (χ0n) is 3.69. The average molecular weight is 85.1 g/mol. The van der Waals surface area contributed by atoms with Crippen molar-refractivity contribution in [3.8, 4) is 0 Å². The molecule has 0 aromatic rings. The van der Waals surface area contributed by atoms with E-state index in [1.54, 1.807) is 6.92 Å². The first kappa shape index (κ1) is 5.47. The fraction of sp³-hybridized carbons (Fsp3) is 0.500. The molecule has 0 rings (SSSR count). The first-order valence-electron chi connectivity index (χ1n) is 1.80. The lowest BCUT2D eigenvalue weighted by molar-refractivity contribution is -0.119. The molecular formula is C4H7NO. The molecule has 0 aromatic heterocycles. The highest BCUT2D eigenvalue weighted by Gasteiger charge is 1.85. The van der Waals surface area contributed by atoms with Crippen molar-refractivity contribution >= 4 is 5.91 Å². The van der Waals surface area contributed by atoms with Gasteiger partial charge in [-0.25, -0.2) is 0 Å². The second-order valence-corrected chi connectivity index (χ2v) is 0.921. The van der Waals surface area contributed by atoms with E-state index < -0.39 is 0 Å². The van der Waals surface area contributed by atoms with E-state index in [2.05, 4.69) is 7.05 Å². The van der Waals surface area contributed by atoms with Crippen molar-refractivity contribution in [3.05, 3.63) is 7.05 Å². The van der Waals surface area contributed by atoms with Crippen LogP contribution in [0.1, 0.15) is 13.3 Å². The Bertz CT molecular complexity index is 45.5. The molecule has 0 aliphatic heterocycles. The van der Waals surface area contributed by atoms with Crippen LogP contribution in [0.2, 0.25) is 0 Å².